The first-order chi connectivity index (χ1) is 8.74. The van der Waals surface area contributed by atoms with Gasteiger partial charge in [0.25, 0.3) is 0 Å². The Hall–Kier alpha value is -1.39. The lowest BCUT2D eigenvalue weighted by atomic mass is 9.93. The van der Waals surface area contributed by atoms with Crippen LogP contribution in [-0.2, 0) is 6.42 Å². The molecule has 0 aliphatic carbocycles. The topological polar surface area (TPSA) is 42.4 Å². The predicted molar refractivity (Wildman–Crippen MR) is 71.2 cm³/mol. The van der Waals surface area contributed by atoms with E-state index in [1.165, 1.54) is 0 Å². The SMILES string of the molecule is Cc1nc(CC(O)C2COc3ccccc32)cs1. The lowest BCUT2D eigenvalue weighted by Gasteiger charge is -2.15. The van der Waals surface area contributed by atoms with Crippen molar-refractivity contribution in [3.8, 4) is 5.75 Å². The Bertz CT molecular complexity index is 552. The highest BCUT2D eigenvalue weighted by atomic mass is 32.1. The predicted octanol–water partition coefficient (Wildman–Crippen LogP) is 2.53. The van der Waals surface area contributed by atoms with Gasteiger partial charge in [-0.3, -0.25) is 0 Å². The second-order valence-corrected chi connectivity index (χ2v) is 5.65. The third kappa shape index (κ3) is 2.13. The lowest BCUT2D eigenvalue weighted by Crippen LogP contribution is -2.22. The number of ether oxygens (including phenoxy) is 1. The van der Waals surface area contributed by atoms with Crippen LogP contribution in [-0.4, -0.2) is 22.8 Å². The number of fused-ring (bicyclic) bond motifs is 1. The monoisotopic (exact) mass is 261 g/mol. The average Bonchev–Trinajstić information content (AvgIpc) is 2.95. The van der Waals surface area contributed by atoms with Gasteiger partial charge in [-0.05, 0) is 13.0 Å². The zero-order valence-electron chi connectivity index (χ0n) is 10.2. The molecule has 0 radical (unpaired) electrons. The number of para-hydroxylation sites is 1. The van der Waals surface area contributed by atoms with Gasteiger partial charge in [-0.2, -0.15) is 0 Å². The molecular weight excluding hydrogens is 246 g/mol. The van der Waals surface area contributed by atoms with Crippen LogP contribution in [0.15, 0.2) is 29.6 Å². The highest BCUT2D eigenvalue weighted by molar-refractivity contribution is 7.09. The van der Waals surface area contributed by atoms with Crippen LogP contribution in [0.1, 0.15) is 22.2 Å². The van der Waals surface area contributed by atoms with Crippen molar-refractivity contribution in [1.29, 1.82) is 0 Å². The molecule has 2 atom stereocenters. The number of nitrogens with zero attached hydrogens (tertiary/aromatic N) is 1. The van der Waals surface area contributed by atoms with Gasteiger partial charge in [0.05, 0.1) is 23.4 Å². The standard InChI is InChI=1S/C14H15NO2S/c1-9-15-10(8-18-9)6-13(16)12-7-17-14-5-3-2-4-11(12)14/h2-5,8,12-13,16H,6-7H2,1H3. The Kier molecular flexibility index (Phi) is 3.06. The quantitative estimate of drug-likeness (QED) is 0.923. The van der Waals surface area contributed by atoms with Crippen molar-refractivity contribution in [1.82, 2.24) is 4.98 Å². The van der Waals surface area contributed by atoms with Gasteiger partial charge in [0.15, 0.2) is 0 Å². The first-order valence-corrected chi connectivity index (χ1v) is 6.93. The molecule has 1 aliphatic heterocycles. The molecule has 1 N–H and O–H groups in total. The average molecular weight is 261 g/mol. The highest BCUT2D eigenvalue weighted by Gasteiger charge is 2.30. The number of benzene rings is 1. The summed E-state index contributed by atoms with van der Waals surface area (Å²) in [5.74, 6) is 0.958. The molecule has 0 amide bonds. The first-order valence-electron chi connectivity index (χ1n) is 6.05. The van der Waals surface area contributed by atoms with E-state index in [1.54, 1.807) is 11.3 Å². The molecule has 0 saturated carbocycles. The minimum absolute atomic E-state index is 0.0585. The maximum absolute atomic E-state index is 10.3. The van der Waals surface area contributed by atoms with Crippen molar-refractivity contribution in [3.05, 3.63) is 45.9 Å². The van der Waals surface area contributed by atoms with Crippen LogP contribution in [0, 0.1) is 6.92 Å². The van der Waals surface area contributed by atoms with Gasteiger partial charge >= 0.3 is 0 Å². The van der Waals surface area contributed by atoms with E-state index < -0.39 is 6.10 Å². The Balaban J connectivity index is 1.76. The summed E-state index contributed by atoms with van der Waals surface area (Å²) in [6.07, 6.45) is 0.155. The second kappa shape index (κ2) is 4.71. The lowest BCUT2D eigenvalue weighted by molar-refractivity contribution is 0.128. The molecular formula is C14H15NO2S. The largest absolute Gasteiger partial charge is 0.493 e. The highest BCUT2D eigenvalue weighted by Crippen LogP contribution is 2.36. The maximum atomic E-state index is 10.3. The molecule has 0 bridgehead atoms. The summed E-state index contributed by atoms with van der Waals surface area (Å²) in [4.78, 5) is 4.40. The summed E-state index contributed by atoms with van der Waals surface area (Å²) in [6, 6.07) is 7.93. The molecule has 3 nitrogen and oxygen atoms in total. The number of thiazole rings is 1. The van der Waals surface area contributed by atoms with Gasteiger partial charge in [-0.25, -0.2) is 4.98 Å². The number of aliphatic hydroxyl groups excluding tert-OH is 1. The van der Waals surface area contributed by atoms with Gasteiger partial charge < -0.3 is 9.84 Å². The van der Waals surface area contributed by atoms with E-state index in [1.807, 2.05) is 36.6 Å². The first kappa shape index (κ1) is 11.7. The number of aryl methyl sites for hydroxylation is 1. The minimum Gasteiger partial charge on any atom is -0.493 e. The van der Waals surface area contributed by atoms with Gasteiger partial charge in [0, 0.05) is 23.3 Å². The molecule has 0 spiro atoms. The second-order valence-electron chi connectivity index (χ2n) is 4.58. The van der Waals surface area contributed by atoms with E-state index in [-0.39, 0.29) is 5.92 Å². The van der Waals surface area contributed by atoms with Crippen molar-refractivity contribution >= 4 is 11.3 Å². The van der Waals surface area contributed by atoms with Gasteiger partial charge in [0.2, 0.25) is 0 Å². The van der Waals surface area contributed by atoms with E-state index in [2.05, 4.69) is 4.98 Å². The number of hydrogen-bond acceptors (Lipinski definition) is 4. The summed E-state index contributed by atoms with van der Waals surface area (Å²) in [5, 5.41) is 13.4. The molecule has 18 heavy (non-hydrogen) atoms. The Morgan fingerprint density at radius 1 is 1.50 bits per heavy atom. The third-order valence-corrected chi connectivity index (χ3v) is 4.11. The van der Waals surface area contributed by atoms with E-state index >= 15 is 0 Å². The van der Waals surface area contributed by atoms with Crippen LogP contribution in [0.2, 0.25) is 0 Å². The Labute approximate surface area is 110 Å². The molecule has 94 valence electrons. The molecule has 1 aromatic heterocycles. The molecule has 0 saturated heterocycles. The van der Waals surface area contributed by atoms with Crippen molar-refractivity contribution in [2.24, 2.45) is 0 Å². The van der Waals surface area contributed by atoms with Gasteiger partial charge in [-0.1, -0.05) is 18.2 Å². The zero-order valence-corrected chi connectivity index (χ0v) is 11.0. The van der Waals surface area contributed by atoms with Crippen LogP contribution in [0.25, 0.3) is 0 Å². The van der Waals surface area contributed by atoms with Crippen LogP contribution in [0.3, 0.4) is 0 Å². The number of hydrogen-bond donors (Lipinski definition) is 1. The Morgan fingerprint density at radius 3 is 3.11 bits per heavy atom. The molecule has 2 unspecified atom stereocenters. The third-order valence-electron chi connectivity index (χ3n) is 3.29. The van der Waals surface area contributed by atoms with Crippen LogP contribution in [0.5, 0.6) is 5.75 Å². The summed E-state index contributed by atoms with van der Waals surface area (Å²) in [5.41, 5.74) is 2.08. The maximum Gasteiger partial charge on any atom is 0.123 e. The number of aromatic nitrogens is 1. The fourth-order valence-electron chi connectivity index (χ4n) is 2.36. The summed E-state index contributed by atoms with van der Waals surface area (Å²) < 4.78 is 5.60. The van der Waals surface area contributed by atoms with Crippen molar-refractivity contribution in [2.75, 3.05) is 6.61 Å². The molecule has 3 rings (SSSR count). The normalized spacial score (nSPS) is 19.3. The molecule has 4 heteroatoms. The van der Waals surface area contributed by atoms with Crippen LogP contribution in [0.4, 0.5) is 0 Å². The molecule has 2 heterocycles. The molecule has 1 aromatic carbocycles. The van der Waals surface area contributed by atoms with E-state index in [0.717, 1.165) is 22.0 Å². The fourth-order valence-corrected chi connectivity index (χ4v) is 2.99. The number of rotatable bonds is 3. The number of aliphatic hydroxyl groups is 1. The molecule has 1 aliphatic rings. The van der Waals surface area contributed by atoms with Crippen molar-refractivity contribution < 1.29 is 9.84 Å². The van der Waals surface area contributed by atoms with Crippen LogP contribution >= 0.6 is 11.3 Å². The van der Waals surface area contributed by atoms with Crippen molar-refractivity contribution in [3.63, 3.8) is 0 Å². The Morgan fingerprint density at radius 2 is 2.33 bits per heavy atom. The van der Waals surface area contributed by atoms with Crippen LogP contribution < -0.4 is 4.74 Å². The van der Waals surface area contributed by atoms with E-state index in [9.17, 15) is 5.11 Å². The summed E-state index contributed by atoms with van der Waals surface area (Å²) in [6.45, 7) is 2.54. The minimum atomic E-state index is -0.435. The van der Waals surface area contributed by atoms with Gasteiger partial charge in [0.1, 0.15) is 5.75 Å². The van der Waals surface area contributed by atoms with E-state index in [0.29, 0.717) is 13.0 Å². The summed E-state index contributed by atoms with van der Waals surface area (Å²) in [7, 11) is 0. The fraction of sp³-hybridized carbons (Fsp3) is 0.357. The summed E-state index contributed by atoms with van der Waals surface area (Å²) >= 11 is 1.62. The van der Waals surface area contributed by atoms with Crippen molar-refractivity contribution in [2.45, 2.75) is 25.4 Å². The zero-order chi connectivity index (χ0) is 12.5. The molecule has 0 fully saturated rings. The smallest absolute Gasteiger partial charge is 0.123 e. The van der Waals surface area contributed by atoms with E-state index in [4.69, 9.17) is 4.74 Å². The molecule has 2 aromatic rings. The van der Waals surface area contributed by atoms with Gasteiger partial charge in [-0.15, -0.1) is 11.3 Å².